The van der Waals surface area contributed by atoms with E-state index in [9.17, 15) is 4.79 Å². The van der Waals surface area contributed by atoms with Gasteiger partial charge in [-0.1, -0.05) is 6.07 Å². The second-order valence-electron chi connectivity index (χ2n) is 4.18. The van der Waals surface area contributed by atoms with Gasteiger partial charge in [0, 0.05) is 35.5 Å². The minimum absolute atomic E-state index is 0.122. The van der Waals surface area contributed by atoms with Crippen molar-refractivity contribution in [1.29, 1.82) is 0 Å². The summed E-state index contributed by atoms with van der Waals surface area (Å²) in [4.78, 5) is 16.3. The second kappa shape index (κ2) is 6.56. The molecule has 0 saturated carbocycles. The van der Waals surface area contributed by atoms with Crippen molar-refractivity contribution in [2.75, 3.05) is 7.11 Å². The van der Waals surface area contributed by atoms with E-state index >= 15 is 0 Å². The van der Waals surface area contributed by atoms with E-state index in [1.165, 1.54) is 0 Å². The van der Waals surface area contributed by atoms with Gasteiger partial charge in [-0.2, -0.15) is 0 Å². The largest absolute Gasteiger partial charge is 0.481 e. The SMILES string of the molecule is CCn1cc(Br)cc1C(=O)NCc1cccnc1OC. The average Bonchev–Trinajstić information content (AvgIpc) is 2.86. The van der Waals surface area contributed by atoms with Gasteiger partial charge in [0.2, 0.25) is 5.88 Å². The monoisotopic (exact) mass is 337 g/mol. The van der Waals surface area contributed by atoms with Crippen LogP contribution in [0.25, 0.3) is 0 Å². The van der Waals surface area contributed by atoms with Gasteiger partial charge in [0.15, 0.2) is 0 Å². The van der Waals surface area contributed by atoms with Crippen LogP contribution in [0.1, 0.15) is 23.0 Å². The van der Waals surface area contributed by atoms with Crippen LogP contribution in [0.15, 0.2) is 35.1 Å². The summed E-state index contributed by atoms with van der Waals surface area (Å²) in [5, 5.41) is 2.88. The van der Waals surface area contributed by atoms with Crippen molar-refractivity contribution in [3.63, 3.8) is 0 Å². The molecule has 0 saturated heterocycles. The van der Waals surface area contributed by atoms with Gasteiger partial charge in [-0.3, -0.25) is 4.79 Å². The Bertz CT molecular complexity index is 610. The fourth-order valence-electron chi connectivity index (χ4n) is 1.94. The smallest absolute Gasteiger partial charge is 0.268 e. The van der Waals surface area contributed by atoms with Crippen molar-refractivity contribution in [1.82, 2.24) is 14.9 Å². The highest BCUT2D eigenvalue weighted by Gasteiger charge is 2.13. The molecule has 2 aromatic heterocycles. The van der Waals surface area contributed by atoms with Gasteiger partial charge < -0.3 is 14.6 Å². The molecular formula is C14H16BrN3O2. The number of carbonyl (C=O) groups excluding carboxylic acids is 1. The molecule has 6 heteroatoms. The fourth-order valence-corrected chi connectivity index (χ4v) is 2.40. The number of nitrogens with one attached hydrogen (secondary N) is 1. The number of rotatable bonds is 5. The lowest BCUT2D eigenvalue weighted by Gasteiger charge is -2.09. The Morgan fingerprint density at radius 2 is 2.35 bits per heavy atom. The predicted octanol–water partition coefficient (Wildman–Crippen LogP) is 2.60. The van der Waals surface area contributed by atoms with E-state index in [1.54, 1.807) is 19.4 Å². The lowest BCUT2D eigenvalue weighted by Crippen LogP contribution is -2.25. The molecule has 2 aromatic rings. The Hall–Kier alpha value is -1.82. The molecule has 2 rings (SSSR count). The predicted molar refractivity (Wildman–Crippen MR) is 79.8 cm³/mol. The first kappa shape index (κ1) is 14.6. The number of aromatic nitrogens is 2. The third-order valence-electron chi connectivity index (χ3n) is 2.92. The summed E-state index contributed by atoms with van der Waals surface area (Å²) in [7, 11) is 1.56. The quantitative estimate of drug-likeness (QED) is 0.912. The average molecular weight is 338 g/mol. The van der Waals surface area contributed by atoms with Crippen molar-refractivity contribution < 1.29 is 9.53 Å². The van der Waals surface area contributed by atoms with E-state index < -0.39 is 0 Å². The Kier molecular flexibility index (Phi) is 4.79. The Balaban J connectivity index is 2.08. The third-order valence-corrected chi connectivity index (χ3v) is 3.35. The molecule has 106 valence electrons. The molecule has 0 atom stereocenters. The lowest BCUT2D eigenvalue weighted by molar-refractivity contribution is 0.0941. The van der Waals surface area contributed by atoms with Crippen molar-refractivity contribution in [2.24, 2.45) is 0 Å². The molecule has 0 bridgehead atoms. The van der Waals surface area contributed by atoms with Crippen molar-refractivity contribution in [3.05, 3.63) is 46.3 Å². The topological polar surface area (TPSA) is 56.2 Å². The number of hydrogen-bond donors (Lipinski definition) is 1. The van der Waals surface area contributed by atoms with Gasteiger partial charge >= 0.3 is 0 Å². The molecule has 0 spiro atoms. The summed E-state index contributed by atoms with van der Waals surface area (Å²) in [6, 6.07) is 5.50. The third kappa shape index (κ3) is 3.19. The van der Waals surface area contributed by atoms with E-state index in [0.717, 1.165) is 16.6 Å². The summed E-state index contributed by atoms with van der Waals surface area (Å²) >= 11 is 3.38. The number of amides is 1. The minimum Gasteiger partial charge on any atom is -0.481 e. The van der Waals surface area contributed by atoms with Crippen LogP contribution in [0.4, 0.5) is 0 Å². The normalized spacial score (nSPS) is 10.3. The van der Waals surface area contributed by atoms with Crippen LogP contribution in [0.5, 0.6) is 5.88 Å². The zero-order valence-corrected chi connectivity index (χ0v) is 13.0. The molecule has 0 fully saturated rings. The summed E-state index contributed by atoms with van der Waals surface area (Å²) in [6.45, 7) is 3.11. The van der Waals surface area contributed by atoms with Crippen LogP contribution in [0, 0.1) is 0 Å². The first-order valence-corrected chi connectivity index (χ1v) is 7.06. The number of nitrogens with zero attached hydrogens (tertiary/aromatic N) is 2. The maximum atomic E-state index is 12.2. The molecule has 1 N–H and O–H groups in total. The fraction of sp³-hybridized carbons (Fsp3) is 0.286. The van der Waals surface area contributed by atoms with E-state index in [4.69, 9.17) is 4.74 Å². The van der Waals surface area contributed by atoms with Gasteiger partial charge in [0.25, 0.3) is 5.91 Å². The zero-order valence-electron chi connectivity index (χ0n) is 11.4. The molecule has 2 heterocycles. The number of halogens is 1. The molecule has 0 aromatic carbocycles. The van der Waals surface area contributed by atoms with Crippen molar-refractivity contribution in [3.8, 4) is 5.88 Å². The maximum absolute atomic E-state index is 12.2. The van der Waals surface area contributed by atoms with E-state index in [2.05, 4.69) is 26.2 Å². The second-order valence-corrected chi connectivity index (χ2v) is 5.10. The van der Waals surface area contributed by atoms with Crippen molar-refractivity contribution in [2.45, 2.75) is 20.0 Å². The van der Waals surface area contributed by atoms with Gasteiger partial charge in [-0.15, -0.1) is 0 Å². The Morgan fingerprint density at radius 1 is 1.55 bits per heavy atom. The van der Waals surface area contributed by atoms with E-state index in [-0.39, 0.29) is 5.91 Å². The number of carbonyl (C=O) groups is 1. The van der Waals surface area contributed by atoms with Gasteiger partial charge in [0.05, 0.1) is 7.11 Å². The summed E-state index contributed by atoms with van der Waals surface area (Å²) in [6.07, 6.45) is 3.54. The summed E-state index contributed by atoms with van der Waals surface area (Å²) in [5.41, 5.74) is 1.47. The zero-order chi connectivity index (χ0) is 14.5. The molecule has 20 heavy (non-hydrogen) atoms. The van der Waals surface area contributed by atoms with Crippen LogP contribution in [0.3, 0.4) is 0 Å². The van der Waals surface area contributed by atoms with Crippen LogP contribution in [0.2, 0.25) is 0 Å². The van der Waals surface area contributed by atoms with Crippen LogP contribution >= 0.6 is 15.9 Å². The first-order chi connectivity index (χ1) is 9.65. The molecular weight excluding hydrogens is 322 g/mol. The number of aryl methyl sites for hydroxylation is 1. The van der Waals surface area contributed by atoms with Gasteiger partial charge in [-0.25, -0.2) is 4.98 Å². The summed E-state index contributed by atoms with van der Waals surface area (Å²) in [5.74, 6) is 0.406. The van der Waals surface area contributed by atoms with Gasteiger partial charge in [0.1, 0.15) is 5.69 Å². The van der Waals surface area contributed by atoms with Crippen LogP contribution < -0.4 is 10.1 Å². The molecule has 5 nitrogen and oxygen atoms in total. The highest BCUT2D eigenvalue weighted by atomic mass is 79.9. The number of ether oxygens (including phenoxy) is 1. The number of methoxy groups -OCH3 is 1. The highest BCUT2D eigenvalue weighted by Crippen LogP contribution is 2.16. The van der Waals surface area contributed by atoms with E-state index in [1.807, 2.05) is 29.8 Å². The molecule has 1 amide bonds. The molecule has 0 radical (unpaired) electrons. The van der Waals surface area contributed by atoms with E-state index in [0.29, 0.717) is 18.1 Å². The van der Waals surface area contributed by atoms with Crippen LogP contribution in [-0.2, 0) is 13.1 Å². The standard InChI is InChI=1S/C14H16BrN3O2/c1-3-18-9-11(15)7-12(18)13(19)17-8-10-5-4-6-16-14(10)20-2/h4-7,9H,3,8H2,1-2H3,(H,17,19). The number of hydrogen-bond acceptors (Lipinski definition) is 3. The maximum Gasteiger partial charge on any atom is 0.268 e. The molecule has 0 unspecified atom stereocenters. The molecule has 0 aliphatic rings. The highest BCUT2D eigenvalue weighted by molar-refractivity contribution is 9.10. The molecule has 0 aliphatic carbocycles. The lowest BCUT2D eigenvalue weighted by atomic mass is 10.2. The Labute approximate surface area is 126 Å². The summed E-state index contributed by atoms with van der Waals surface area (Å²) < 4.78 is 7.94. The van der Waals surface area contributed by atoms with Gasteiger partial charge in [-0.05, 0) is 35.0 Å². The Morgan fingerprint density at radius 3 is 3.05 bits per heavy atom. The van der Waals surface area contributed by atoms with Crippen molar-refractivity contribution >= 4 is 21.8 Å². The number of pyridine rings is 1. The minimum atomic E-state index is -0.122. The molecule has 0 aliphatic heterocycles. The van der Waals surface area contributed by atoms with Crippen LogP contribution in [-0.4, -0.2) is 22.6 Å². The first-order valence-electron chi connectivity index (χ1n) is 6.27.